The monoisotopic (exact) mass is 309 g/mol. The third-order valence-corrected chi connectivity index (χ3v) is 3.39. The third kappa shape index (κ3) is 4.15. The summed E-state index contributed by atoms with van der Waals surface area (Å²) in [7, 11) is -4.30. The molecule has 0 saturated carbocycles. The van der Waals surface area contributed by atoms with Crippen LogP contribution in [0, 0.1) is 5.82 Å². The minimum Gasteiger partial charge on any atom is -0.462 e. The van der Waals surface area contributed by atoms with Crippen LogP contribution in [0.15, 0.2) is 17.0 Å². The molecule has 0 amide bonds. The fraction of sp³-hybridized carbons (Fsp3) is 0.364. The van der Waals surface area contributed by atoms with Gasteiger partial charge >= 0.3 is 5.97 Å². The quantitative estimate of drug-likeness (QED) is 0.666. The largest absolute Gasteiger partial charge is 0.462 e. The first kappa shape index (κ1) is 15.9. The van der Waals surface area contributed by atoms with Crippen LogP contribution in [0.3, 0.4) is 0 Å². The van der Waals surface area contributed by atoms with Crippen molar-refractivity contribution >= 4 is 27.6 Å². The molecule has 106 valence electrons. The van der Waals surface area contributed by atoms with Crippen LogP contribution >= 0.6 is 11.6 Å². The van der Waals surface area contributed by atoms with Gasteiger partial charge in [0.05, 0.1) is 12.2 Å². The second kappa shape index (κ2) is 6.31. The Morgan fingerprint density at radius 1 is 1.47 bits per heavy atom. The summed E-state index contributed by atoms with van der Waals surface area (Å²) in [6, 6.07) is 1.84. The van der Waals surface area contributed by atoms with Crippen molar-refractivity contribution in [2.45, 2.75) is 24.7 Å². The SMILES string of the molecule is CCCCOC(=O)c1cc(Cl)cc(S(N)(=O)=O)c1F. The highest BCUT2D eigenvalue weighted by atomic mass is 35.5. The molecule has 0 aromatic heterocycles. The molecule has 0 spiro atoms. The number of primary sulfonamides is 1. The maximum absolute atomic E-state index is 13.9. The van der Waals surface area contributed by atoms with Gasteiger partial charge in [0.15, 0.2) is 5.82 Å². The average Bonchev–Trinajstić information content (AvgIpc) is 2.30. The van der Waals surface area contributed by atoms with Gasteiger partial charge in [0.2, 0.25) is 10.0 Å². The van der Waals surface area contributed by atoms with Gasteiger partial charge in [-0.15, -0.1) is 0 Å². The topological polar surface area (TPSA) is 86.5 Å². The number of carbonyl (C=O) groups is 1. The molecule has 0 heterocycles. The Hall–Kier alpha value is -1.18. The predicted molar refractivity (Wildman–Crippen MR) is 68.0 cm³/mol. The number of ether oxygens (including phenoxy) is 1. The van der Waals surface area contributed by atoms with Crippen LogP contribution in [0.25, 0.3) is 0 Å². The number of rotatable bonds is 5. The minimum atomic E-state index is -4.30. The second-order valence-electron chi connectivity index (χ2n) is 3.80. The van der Waals surface area contributed by atoms with Crippen LogP contribution < -0.4 is 5.14 Å². The summed E-state index contributed by atoms with van der Waals surface area (Å²) in [6.07, 6.45) is 1.42. The maximum atomic E-state index is 13.9. The normalized spacial score (nSPS) is 11.4. The number of esters is 1. The molecule has 0 aliphatic heterocycles. The highest BCUT2D eigenvalue weighted by molar-refractivity contribution is 7.89. The number of unbranched alkanes of at least 4 members (excludes halogenated alkanes) is 1. The van der Waals surface area contributed by atoms with E-state index in [0.717, 1.165) is 18.6 Å². The van der Waals surface area contributed by atoms with Crippen molar-refractivity contribution in [2.24, 2.45) is 5.14 Å². The highest BCUT2D eigenvalue weighted by Crippen LogP contribution is 2.23. The summed E-state index contributed by atoms with van der Waals surface area (Å²) < 4.78 is 41.0. The molecule has 0 aliphatic carbocycles. The van der Waals surface area contributed by atoms with Gasteiger partial charge < -0.3 is 4.74 Å². The summed E-state index contributed by atoms with van der Waals surface area (Å²) in [5.74, 6) is -2.23. The van der Waals surface area contributed by atoms with Crippen LogP contribution in [-0.2, 0) is 14.8 Å². The zero-order valence-corrected chi connectivity index (χ0v) is 11.7. The molecular weight excluding hydrogens is 297 g/mol. The summed E-state index contributed by atoms with van der Waals surface area (Å²) >= 11 is 5.64. The van der Waals surface area contributed by atoms with Gasteiger partial charge in [-0.25, -0.2) is 22.7 Å². The Morgan fingerprint density at radius 2 is 2.11 bits per heavy atom. The Labute approximate surface area is 115 Å². The average molecular weight is 310 g/mol. The Bertz CT molecular complexity index is 589. The molecule has 0 fully saturated rings. The van der Waals surface area contributed by atoms with E-state index in [1.54, 1.807) is 0 Å². The number of halogens is 2. The first-order chi connectivity index (χ1) is 8.77. The summed E-state index contributed by atoms with van der Waals surface area (Å²) in [5.41, 5.74) is -0.548. The number of hydrogen-bond acceptors (Lipinski definition) is 4. The van der Waals surface area contributed by atoms with Crippen LogP contribution in [0.4, 0.5) is 4.39 Å². The molecule has 0 atom stereocenters. The van der Waals surface area contributed by atoms with Crippen molar-refractivity contribution in [1.82, 2.24) is 0 Å². The standard InChI is InChI=1S/C11H13ClFNO4S/c1-2-3-4-18-11(15)8-5-7(12)6-9(10(8)13)19(14,16)17/h5-6H,2-4H2,1H3,(H2,14,16,17). The zero-order chi connectivity index (χ0) is 14.6. The van der Waals surface area contributed by atoms with E-state index in [-0.39, 0.29) is 11.6 Å². The number of carbonyl (C=O) groups excluding carboxylic acids is 1. The lowest BCUT2D eigenvalue weighted by atomic mass is 10.2. The summed E-state index contributed by atoms with van der Waals surface area (Å²) in [4.78, 5) is 10.8. The van der Waals surface area contributed by atoms with Gasteiger partial charge in [-0.2, -0.15) is 0 Å². The van der Waals surface area contributed by atoms with E-state index in [9.17, 15) is 17.6 Å². The van der Waals surface area contributed by atoms with Gasteiger partial charge in [-0.1, -0.05) is 24.9 Å². The molecule has 0 bridgehead atoms. The molecule has 19 heavy (non-hydrogen) atoms. The third-order valence-electron chi connectivity index (χ3n) is 2.26. The van der Waals surface area contributed by atoms with E-state index < -0.39 is 32.3 Å². The first-order valence-electron chi connectivity index (χ1n) is 5.46. The van der Waals surface area contributed by atoms with Crippen molar-refractivity contribution in [3.63, 3.8) is 0 Å². The molecule has 8 heteroatoms. The van der Waals surface area contributed by atoms with Crippen molar-refractivity contribution in [3.8, 4) is 0 Å². The molecule has 1 aromatic rings. The van der Waals surface area contributed by atoms with E-state index in [4.69, 9.17) is 21.5 Å². The molecule has 0 radical (unpaired) electrons. The van der Waals surface area contributed by atoms with Crippen molar-refractivity contribution in [1.29, 1.82) is 0 Å². The number of hydrogen-bond donors (Lipinski definition) is 1. The van der Waals surface area contributed by atoms with E-state index >= 15 is 0 Å². The van der Waals surface area contributed by atoms with E-state index in [1.807, 2.05) is 6.92 Å². The Morgan fingerprint density at radius 3 is 2.63 bits per heavy atom. The second-order valence-corrected chi connectivity index (χ2v) is 5.77. The van der Waals surface area contributed by atoms with Crippen LogP contribution in [-0.4, -0.2) is 21.0 Å². The molecule has 0 unspecified atom stereocenters. The Balaban J connectivity index is 3.15. The molecule has 2 N–H and O–H groups in total. The highest BCUT2D eigenvalue weighted by Gasteiger charge is 2.23. The number of benzene rings is 1. The van der Waals surface area contributed by atoms with Crippen LogP contribution in [0.5, 0.6) is 0 Å². The molecule has 1 aromatic carbocycles. The van der Waals surface area contributed by atoms with Crippen molar-refractivity contribution in [3.05, 3.63) is 28.5 Å². The van der Waals surface area contributed by atoms with E-state index in [2.05, 4.69) is 0 Å². The Kier molecular flexibility index (Phi) is 5.28. The lowest BCUT2D eigenvalue weighted by Crippen LogP contribution is -2.17. The minimum absolute atomic E-state index is 0.117. The molecule has 0 aliphatic rings. The van der Waals surface area contributed by atoms with Gasteiger partial charge in [-0.05, 0) is 18.6 Å². The molecule has 5 nitrogen and oxygen atoms in total. The van der Waals surface area contributed by atoms with E-state index in [1.165, 1.54) is 0 Å². The van der Waals surface area contributed by atoms with Gasteiger partial charge in [-0.3, -0.25) is 0 Å². The maximum Gasteiger partial charge on any atom is 0.341 e. The predicted octanol–water partition coefficient (Wildman–Crippen LogP) is 2.08. The smallest absolute Gasteiger partial charge is 0.341 e. The fourth-order valence-electron chi connectivity index (χ4n) is 1.31. The molecular formula is C11H13ClFNO4S. The van der Waals surface area contributed by atoms with Crippen LogP contribution in [0.2, 0.25) is 5.02 Å². The fourth-order valence-corrected chi connectivity index (χ4v) is 2.24. The van der Waals surface area contributed by atoms with Crippen molar-refractivity contribution < 1.29 is 22.3 Å². The zero-order valence-electron chi connectivity index (χ0n) is 10.2. The lowest BCUT2D eigenvalue weighted by molar-refractivity contribution is 0.0493. The first-order valence-corrected chi connectivity index (χ1v) is 7.38. The van der Waals surface area contributed by atoms with Crippen molar-refractivity contribution in [2.75, 3.05) is 6.61 Å². The lowest BCUT2D eigenvalue weighted by Gasteiger charge is -2.08. The van der Waals surface area contributed by atoms with Gasteiger partial charge in [0, 0.05) is 5.02 Å². The summed E-state index contributed by atoms with van der Waals surface area (Å²) in [5, 5.41) is 4.72. The van der Waals surface area contributed by atoms with Crippen LogP contribution in [0.1, 0.15) is 30.1 Å². The number of nitrogens with two attached hydrogens (primary N) is 1. The molecule has 1 rings (SSSR count). The number of sulfonamides is 1. The summed E-state index contributed by atoms with van der Waals surface area (Å²) in [6.45, 7) is 2.01. The van der Waals surface area contributed by atoms with E-state index in [0.29, 0.717) is 6.42 Å². The molecule has 0 saturated heterocycles. The van der Waals surface area contributed by atoms with Gasteiger partial charge in [0.25, 0.3) is 0 Å². The van der Waals surface area contributed by atoms with Gasteiger partial charge in [0.1, 0.15) is 4.90 Å².